The van der Waals surface area contributed by atoms with E-state index in [1.807, 2.05) is 7.05 Å². The summed E-state index contributed by atoms with van der Waals surface area (Å²) in [7, 11) is 1.96. The van der Waals surface area contributed by atoms with Crippen LogP contribution in [0.15, 0.2) is 4.73 Å². The lowest BCUT2D eigenvalue weighted by molar-refractivity contribution is 0.410. The molecule has 1 aliphatic heterocycles. The molecule has 0 amide bonds. The molecule has 0 saturated carbocycles. The van der Waals surface area contributed by atoms with Crippen LogP contribution in [0, 0.1) is 5.92 Å². The van der Waals surface area contributed by atoms with Crippen LogP contribution in [-0.2, 0) is 19.5 Å². The van der Waals surface area contributed by atoms with Crippen LogP contribution in [0.25, 0.3) is 0 Å². The summed E-state index contributed by atoms with van der Waals surface area (Å²) in [5.74, 6) is 0.793. The van der Waals surface area contributed by atoms with Gasteiger partial charge >= 0.3 is 0 Å². The minimum absolute atomic E-state index is 0.793. The topological polar surface area (TPSA) is 29.9 Å². The van der Waals surface area contributed by atoms with Gasteiger partial charge in [0.05, 0.1) is 5.69 Å². The van der Waals surface area contributed by atoms with Crippen molar-refractivity contribution >= 4 is 15.9 Å². The van der Waals surface area contributed by atoms with Crippen LogP contribution in [0.2, 0.25) is 0 Å². The fourth-order valence-corrected chi connectivity index (χ4v) is 2.65. The summed E-state index contributed by atoms with van der Waals surface area (Å²) in [6.45, 7) is 4.29. The van der Waals surface area contributed by atoms with Gasteiger partial charge in [-0.2, -0.15) is 0 Å². The second-order valence-corrected chi connectivity index (χ2v) is 4.76. The number of hydrogen-bond donors (Lipinski definition) is 1. The average Bonchev–Trinajstić information content (AvgIpc) is 2.44. The zero-order chi connectivity index (χ0) is 10.1. The highest BCUT2D eigenvalue weighted by molar-refractivity contribution is 9.10. The summed E-state index contributed by atoms with van der Waals surface area (Å²) in [4.78, 5) is 4.53. The Morgan fingerprint density at radius 2 is 2.43 bits per heavy atom. The molecule has 2 rings (SSSR count). The second-order valence-electron chi connectivity index (χ2n) is 4.05. The first-order chi connectivity index (χ1) is 6.72. The van der Waals surface area contributed by atoms with Crippen molar-refractivity contribution in [3.63, 3.8) is 0 Å². The molecule has 0 fully saturated rings. The lowest BCUT2D eigenvalue weighted by Crippen LogP contribution is -2.19. The van der Waals surface area contributed by atoms with E-state index in [1.54, 1.807) is 0 Å². The SMILES string of the molecule is CNCc1nc(Br)n2c1CC(C)CC2. The first kappa shape index (κ1) is 10.2. The van der Waals surface area contributed by atoms with Gasteiger partial charge in [0.15, 0.2) is 4.73 Å². The molecular formula is C10H16BrN3. The number of rotatable bonds is 2. The van der Waals surface area contributed by atoms with Gasteiger partial charge in [0, 0.05) is 18.8 Å². The first-order valence-electron chi connectivity index (χ1n) is 5.10. The largest absolute Gasteiger partial charge is 0.322 e. The first-order valence-corrected chi connectivity index (χ1v) is 5.90. The second kappa shape index (κ2) is 4.03. The molecule has 2 heterocycles. The predicted molar refractivity (Wildman–Crippen MR) is 60.2 cm³/mol. The Hall–Kier alpha value is -0.350. The highest BCUT2D eigenvalue weighted by Gasteiger charge is 2.21. The van der Waals surface area contributed by atoms with E-state index in [9.17, 15) is 0 Å². The maximum atomic E-state index is 4.53. The Morgan fingerprint density at radius 3 is 3.14 bits per heavy atom. The number of nitrogens with one attached hydrogen (secondary N) is 1. The molecule has 1 N–H and O–H groups in total. The predicted octanol–water partition coefficient (Wildman–Crippen LogP) is 1.95. The van der Waals surface area contributed by atoms with Crippen LogP contribution in [-0.4, -0.2) is 16.6 Å². The molecule has 0 aliphatic carbocycles. The van der Waals surface area contributed by atoms with Crippen molar-refractivity contribution in [2.24, 2.45) is 5.92 Å². The average molecular weight is 258 g/mol. The summed E-state index contributed by atoms with van der Waals surface area (Å²) >= 11 is 3.52. The molecule has 0 saturated heterocycles. The highest BCUT2D eigenvalue weighted by atomic mass is 79.9. The number of aromatic nitrogens is 2. The van der Waals surface area contributed by atoms with E-state index in [-0.39, 0.29) is 0 Å². The zero-order valence-corrected chi connectivity index (χ0v) is 10.3. The molecule has 3 nitrogen and oxygen atoms in total. The molecule has 1 aliphatic rings. The maximum absolute atomic E-state index is 4.53. The third-order valence-electron chi connectivity index (χ3n) is 2.84. The van der Waals surface area contributed by atoms with Gasteiger partial charge in [-0.25, -0.2) is 4.98 Å². The Bertz CT molecular complexity index is 332. The minimum atomic E-state index is 0.793. The van der Waals surface area contributed by atoms with Crippen LogP contribution in [0.4, 0.5) is 0 Å². The van der Waals surface area contributed by atoms with Crippen LogP contribution in [0.1, 0.15) is 24.7 Å². The van der Waals surface area contributed by atoms with Crippen molar-refractivity contribution in [3.8, 4) is 0 Å². The number of imidazole rings is 1. The Kier molecular flexibility index (Phi) is 2.93. The lowest BCUT2D eigenvalue weighted by atomic mass is 9.97. The summed E-state index contributed by atoms with van der Waals surface area (Å²) in [6.07, 6.45) is 2.43. The third-order valence-corrected chi connectivity index (χ3v) is 3.45. The highest BCUT2D eigenvalue weighted by Crippen LogP contribution is 2.26. The Labute approximate surface area is 93.0 Å². The van der Waals surface area contributed by atoms with Gasteiger partial charge in [-0.3, -0.25) is 0 Å². The van der Waals surface area contributed by atoms with Crippen LogP contribution < -0.4 is 5.32 Å². The minimum Gasteiger partial charge on any atom is -0.322 e. The Balaban J connectivity index is 2.34. The van der Waals surface area contributed by atoms with Gasteiger partial charge < -0.3 is 9.88 Å². The van der Waals surface area contributed by atoms with Crippen molar-refractivity contribution in [2.45, 2.75) is 32.9 Å². The summed E-state index contributed by atoms with van der Waals surface area (Å²) in [6, 6.07) is 0. The molecule has 14 heavy (non-hydrogen) atoms. The van der Waals surface area contributed by atoms with Crippen molar-refractivity contribution in [1.29, 1.82) is 0 Å². The molecule has 78 valence electrons. The summed E-state index contributed by atoms with van der Waals surface area (Å²) in [5.41, 5.74) is 2.61. The zero-order valence-electron chi connectivity index (χ0n) is 8.68. The molecule has 0 bridgehead atoms. The molecule has 0 radical (unpaired) electrons. The number of nitrogens with zero attached hydrogens (tertiary/aromatic N) is 2. The van der Waals surface area contributed by atoms with Gasteiger partial charge in [-0.15, -0.1) is 0 Å². The number of fused-ring (bicyclic) bond motifs is 1. The number of hydrogen-bond acceptors (Lipinski definition) is 2. The van der Waals surface area contributed by atoms with E-state index in [2.05, 4.69) is 37.7 Å². The molecule has 0 aromatic carbocycles. The number of halogens is 1. The van der Waals surface area contributed by atoms with Gasteiger partial charge in [-0.05, 0) is 41.7 Å². The van der Waals surface area contributed by atoms with Gasteiger partial charge in [0.25, 0.3) is 0 Å². The van der Waals surface area contributed by atoms with Crippen LogP contribution in [0.3, 0.4) is 0 Å². The maximum Gasteiger partial charge on any atom is 0.177 e. The fraction of sp³-hybridized carbons (Fsp3) is 0.700. The van der Waals surface area contributed by atoms with Gasteiger partial charge in [0.1, 0.15) is 0 Å². The lowest BCUT2D eigenvalue weighted by Gasteiger charge is -2.21. The van der Waals surface area contributed by atoms with Crippen molar-refractivity contribution in [2.75, 3.05) is 7.05 Å². The van der Waals surface area contributed by atoms with Crippen molar-refractivity contribution < 1.29 is 0 Å². The van der Waals surface area contributed by atoms with E-state index < -0.39 is 0 Å². The van der Waals surface area contributed by atoms with E-state index in [4.69, 9.17) is 0 Å². The molecule has 1 aromatic rings. The van der Waals surface area contributed by atoms with Gasteiger partial charge in [-0.1, -0.05) is 6.92 Å². The molecular weight excluding hydrogens is 242 g/mol. The van der Waals surface area contributed by atoms with Crippen LogP contribution >= 0.6 is 15.9 Å². The smallest absolute Gasteiger partial charge is 0.177 e. The molecule has 1 atom stereocenters. The van der Waals surface area contributed by atoms with E-state index >= 15 is 0 Å². The standard InChI is InChI=1S/C10H16BrN3/c1-7-3-4-14-9(5-7)8(6-12-2)13-10(14)11/h7,12H,3-6H2,1-2H3. The quantitative estimate of drug-likeness (QED) is 0.878. The summed E-state index contributed by atoms with van der Waals surface area (Å²) < 4.78 is 3.29. The molecule has 4 heteroatoms. The molecule has 1 aromatic heterocycles. The van der Waals surface area contributed by atoms with Gasteiger partial charge in [0.2, 0.25) is 0 Å². The van der Waals surface area contributed by atoms with Crippen LogP contribution in [0.5, 0.6) is 0 Å². The van der Waals surface area contributed by atoms with Crippen molar-refractivity contribution in [1.82, 2.24) is 14.9 Å². The Morgan fingerprint density at radius 1 is 1.64 bits per heavy atom. The summed E-state index contributed by atoms with van der Waals surface area (Å²) in [5, 5.41) is 3.17. The monoisotopic (exact) mass is 257 g/mol. The van der Waals surface area contributed by atoms with Crippen molar-refractivity contribution in [3.05, 3.63) is 16.1 Å². The third kappa shape index (κ3) is 1.73. The molecule has 1 unspecified atom stereocenters. The van der Waals surface area contributed by atoms with E-state index in [0.717, 1.165) is 30.2 Å². The van der Waals surface area contributed by atoms with E-state index in [1.165, 1.54) is 17.8 Å². The normalized spacial score (nSPS) is 20.9. The molecule has 0 spiro atoms. The van der Waals surface area contributed by atoms with E-state index in [0.29, 0.717) is 0 Å². The fourth-order valence-electron chi connectivity index (χ4n) is 2.05.